The normalized spacial score (nSPS) is 31.4. The monoisotopic (exact) mass is 301 g/mol. The van der Waals surface area contributed by atoms with Crippen LogP contribution in [0.2, 0.25) is 0 Å². The lowest BCUT2D eigenvalue weighted by Crippen LogP contribution is -2.53. The van der Waals surface area contributed by atoms with Gasteiger partial charge in [0.15, 0.2) is 5.03 Å². The molecule has 0 N–H and O–H groups in total. The quantitative estimate of drug-likeness (QED) is 0.785. The molecule has 0 unspecified atom stereocenters. The van der Waals surface area contributed by atoms with Gasteiger partial charge in [-0.05, 0) is 12.8 Å². The van der Waals surface area contributed by atoms with Crippen LogP contribution in [0, 0.1) is 0 Å². The average molecular weight is 301 g/mol. The number of aryl methyl sites for hydroxylation is 1. The summed E-state index contributed by atoms with van der Waals surface area (Å²) in [5.41, 5.74) is 0. The molecule has 2 fully saturated rings. The minimum Gasteiger partial charge on any atom is -0.379 e. The molecule has 2 aliphatic rings. The molecule has 1 saturated heterocycles. The van der Waals surface area contributed by atoms with E-state index in [0.717, 1.165) is 12.8 Å². The number of aromatic nitrogens is 2. The van der Waals surface area contributed by atoms with Gasteiger partial charge in [-0.1, -0.05) is 0 Å². The summed E-state index contributed by atoms with van der Waals surface area (Å²) in [6, 6.07) is -0.152. The van der Waals surface area contributed by atoms with Gasteiger partial charge in [-0.15, -0.1) is 0 Å². The van der Waals surface area contributed by atoms with Crippen LogP contribution in [0.15, 0.2) is 17.6 Å². The first kappa shape index (κ1) is 14.0. The minimum atomic E-state index is -3.56. The molecule has 0 amide bonds. The van der Waals surface area contributed by atoms with Crippen molar-refractivity contribution in [1.29, 1.82) is 0 Å². The fourth-order valence-corrected chi connectivity index (χ4v) is 4.69. The molecular weight excluding hydrogens is 282 g/mol. The van der Waals surface area contributed by atoms with Gasteiger partial charge in [-0.3, -0.25) is 0 Å². The zero-order valence-corrected chi connectivity index (χ0v) is 12.4. The van der Waals surface area contributed by atoms with Crippen molar-refractivity contribution in [3.63, 3.8) is 0 Å². The van der Waals surface area contributed by atoms with E-state index in [1.807, 2.05) is 0 Å². The van der Waals surface area contributed by atoms with Crippen molar-refractivity contribution in [3.05, 3.63) is 12.5 Å². The Kier molecular flexibility index (Phi) is 3.57. The molecule has 1 aliphatic carbocycles. The van der Waals surface area contributed by atoms with Crippen molar-refractivity contribution in [2.24, 2.45) is 7.05 Å². The number of hydrogen-bond acceptors (Lipinski definition) is 5. The van der Waals surface area contributed by atoms with Gasteiger partial charge in [0.1, 0.15) is 6.10 Å². The van der Waals surface area contributed by atoms with Crippen molar-refractivity contribution in [3.8, 4) is 0 Å². The molecule has 0 radical (unpaired) electrons. The Hall–Kier alpha value is -0.960. The summed E-state index contributed by atoms with van der Waals surface area (Å²) in [7, 11) is -0.165. The third-order valence-electron chi connectivity index (χ3n) is 4.04. The first-order valence-electron chi connectivity index (χ1n) is 6.68. The predicted molar refractivity (Wildman–Crippen MR) is 70.7 cm³/mol. The Bertz CT molecular complexity index is 585. The number of morpholine rings is 1. The number of fused-ring (bicyclic) bond motifs is 1. The van der Waals surface area contributed by atoms with Crippen LogP contribution in [0.25, 0.3) is 0 Å². The van der Waals surface area contributed by atoms with Crippen molar-refractivity contribution in [2.45, 2.75) is 36.1 Å². The van der Waals surface area contributed by atoms with Crippen LogP contribution in [0.5, 0.6) is 0 Å². The van der Waals surface area contributed by atoms with E-state index in [1.54, 1.807) is 18.7 Å². The molecule has 112 valence electrons. The Balaban J connectivity index is 1.90. The van der Waals surface area contributed by atoms with Crippen LogP contribution in [0.1, 0.15) is 12.8 Å². The molecule has 0 spiro atoms. The van der Waals surface area contributed by atoms with E-state index in [-0.39, 0.29) is 23.3 Å². The lowest BCUT2D eigenvalue weighted by Gasteiger charge is -2.37. The van der Waals surface area contributed by atoms with E-state index in [9.17, 15) is 8.42 Å². The highest BCUT2D eigenvalue weighted by Crippen LogP contribution is 2.34. The molecule has 3 atom stereocenters. The van der Waals surface area contributed by atoms with Gasteiger partial charge in [0.2, 0.25) is 0 Å². The van der Waals surface area contributed by atoms with E-state index in [1.165, 1.54) is 16.8 Å². The molecule has 8 heteroatoms. The third-order valence-corrected chi connectivity index (χ3v) is 5.85. The van der Waals surface area contributed by atoms with E-state index < -0.39 is 10.0 Å². The van der Waals surface area contributed by atoms with E-state index >= 15 is 0 Å². The fraction of sp³-hybridized carbons (Fsp3) is 0.750. The van der Waals surface area contributed by atoms with Crippen LogP contribution >= 0.6 is 0 Å². The lowest BCUT2D eigenvalue weighted by atomic mass is 10.2. The Labute approximate surface area is 118 Å². The highest BCUT2D eigenvalue weighted by Gasteiger charge is 2.47. The first-order valence-corrected chi connectivity index (χ1v) is 8.12. The van der Waals surface area contributed by atoms with Crippen LogP contribution in [-0.2, 0) is 26.5 Å². The van der Waals surface area contributed by atoms with Crippen LogP contribution in [0.3, 0.4) is 0 Å². The summed E-state index contributed by atoms with van der Waals surface area (Å²) in [6.07, 6.45) is 4.41. The van der Waals surface area contributed by atoms with Gasteiger partial charge in [-0.25, -0.2) is 13.4 Å². The molecule has 1 aromatic heterocycles. The summed E-state index contributed by atoms with van der Waals surface area (Å²) in [6.45, 7) is 0.767. The number of imidazole rings is 1. The van der Waals surface area contributed by atoms with Gasteiger partial charge >= 0.3 is 0 Å². The zero-order chi connectivity index (χ0) is 14.3. The SMILES string of the molecule is CO[C@@H]1CC[C@H]2[C@H]1OCCN2S(=O)(=O)c1cn(C)cn1. The fourth-order valence-electron chi connectivity index (χ4n) is 3.07. The summed E-state index contributed by atoms with van der Waals surface area (Å²) >= 11 is 0. The summed E-state index contributed by atoms with van der Waals surface area (Å²) in [5, 5.41) is 0.0986. The molecule has 1 aliphatic heterocycles. The second-order valence-corrected chi connectivity index (χ2v) is 7.08. The predicted octanol–water partition coefficient (Wildman–Crippen LogP) is -0.0130. The topological polar surface area (TPSA) is 73.7 Å². The summed E-state index contributed by atoms with van der Waals surface area (Å²) in [5.74, 6) is 0. The summed E-state index contributed by atoms with van der Waals surface area (Å²) in [4.78, 5) is 3.98. The standard InChI is InChI=1S/C12H19N3O4S/c1-14-7-11(13-8-14)20(16,17)15-5-6-19-12-9(15)3-4-10(12)18-2/h7-10,12H,3-6H2,1-2H3/t9-,10+,12+/m0/s1. The first-order chi connectivity index (χ1) is 9.54. The molecule has 0 bridgehead atoms. The number of sulfonamides is 1. The van der Waals surface area contributed by atoms with E-state index in [4.69, 9.17) is 9.47 Å². The molecule has 1 aromatic rings. The van der Waals surface area contributed by atoms with Gasteiger partial charge in [0, 0.05) is 26.9 Å². The highest BCUT2D eigenvalue weighted by atomic mass is 32.2. The van der Waals surface area contributed by atoms with E-state index in [2.05, 4.69) is 4.98 Å². The maximum atomic E-state index is 12.7. The minimum absolute atomic E-state index is 0.0262. The highest BCUT2D eigenvalue weighted by molar-refractivity contribution is 7.89. The number of rotatable bonds is 3. The van der Waals surface area contributed by atoms with Gasteiger partial charge < -0.3 is 14.0 Å². The third kappa shape index (κ3) is 2.16. The van der Waals surface area contributed by atoms with Gasteiger partial charge in [0.25, 0.3) is 10.0 Å². The molecule has 3 rings (SSSR count). The van der Waals surface area contributed by atoms with Gasteiger partial charge in [0.05, 0.1) is 25.1 Å². The second kappa shape index (κ2) is 5.10. The van der Waals surface area contributed by atoms with Crippen molar-refractivity contribution < 1.29 is 17.9 Å². The average Bonchev–Trinajstić information content (AvgIpc) is 3.04. The maximum absolute atomic E-state index is 12.7. The molecule has 2 heterocycles. The Morgan fingerprint density at radius 2 is 2.25 bits per heavy atom. The molecule has 20 heavy (non-hydrogen) atoms. The number of nitrogens with zero attached hydrogens (tertiary/aromatic N) is 3. The van der Waals surface area contributed by atoms with Crippen molar-refractivity contribution in [1.82, 2.24) is 13.9 Å². The second-order valence-electron chi connectivity index (χ2n) is 5.25. The molecule has 7 nitrogen and oxygen atoms in total. The van der Waals surface area contributed by atoms with Crippen LogP contribution < -0.4 is 0 Å². The Morgan fingerprint density at radius 3 is 2.90 bits per heavy atom. The largest absolute Gasteiger partial charge is 0.379 e. The number of hydrogen-bond donors (Lipinski definition) is 0. The Morgan fingerprint density at radius 1 is 1.45 bits per heavy atom. The number of ether oxygens (including phenoxy) is 2. The van der Waals surface area contributed by atoms with Crippen molar-refractivity contribution in [2.75, 3.05) is 20.3 Å². The lowest BCUT2D eigenvalue weighted by molar-refractivity contribution is -0.0848. The van der Waals surface area contributed by atoms with Crippen LogP contribution in [0.4, 0.5) is 0 Å². The molecule has 0 aromatic carbocycles. The summed E-state index contributed by atoms with van der Waals surface area (Å²) < 4.78 is 39.7. The molecule has 1 saturated carbocycles. The van der Waals surface area contributed by atoms with Gasteiger partial charge in [-0.2, -0.15) is 4.31 Å². The zero-order valence-electron chi connectivity index (χ0n) is 11.6. The van der Waals surface area contributed by atoms with E-state index in [0.29, 0.717) is 13.2 Å². The van der Waals surface area contributed by atoms with Crippen molar-refractivity contribution >= 4 is 10.0 Å². The van der Waals surface area contributed by atoms with Crippen LogP contribution in [-0.4, -0.2) is 60.8 Å². The smallest absolute Gasteiger partial charge is 0.262 e. The maximum Gasteiger partial charge on any atom is 0.262 e. The number of methoxy groups -OCH3 is 1. The molecular formula is C12H19N3O4S.